The molecule has 3 aromatic rings. The Morgan fingerprint density at radius 2 is 2.00 bits per heavy atom. The quantitative estimate of drug-likeness (QED) is 0.198. The first kappa shape index (κ1) is 25.0. The highest BCUT2D eigenvalue weighted by molar-refractivity contribution is 7.99. The summed E-state index contributed by atoms with van der Waals surface area (Å²) in [7, 11) is 1.55. The molecule has 0 radical (unpaired) electrons. The van der Waals surface area contributed by atoms with Crippen molar-refractivity contribution >= 4 is 34.4 Å². The fraction of sp³-hybridized carbons (Fsp3) is 0.360. The molecule has 0 unspecified atom stereocenters. The Balaban J connectivity index is 1.64. The number of methoxy groups -OCH3 is 1. The van der Waals surface area contributed by atoms with E-state index in [4.69, 9.17) is 9.47 Å². The number of ketones is 1. The number of nitrogens with zero attached hydrogens (tertiary/aromatic N) is 2. The molecule has 2 heterocycles. The number of aromatic nitrogens is 2. The number of carbonyl (C=O) groups is 2. The zero-order valence-corrected chi connectivity index (χ0v) is 20.1. The maximum atomic E-state index is 13.4. The van der Waals surface area contributed by atoms with Crippen molar-refractivity contribution in [2.75, 3.05) is 32.6 Å². The number of nitrogens with one attached hydrogen (secondary N) is 1. The van der Waals surface area contributed by atoms with Gasteiger partial charge in [0.15, 0.2) is 10.9 Å². The summed E-state index contributed by atoms with van der Waals surface area (Å²) in [5.74, 6) is -0.904. The van der Waals surface area contributed by atoms with Crippen molar-refractivity contribution in [2.24, 2.45) is 0 Å². The van der Waals surface area contributed by atoms with Crippen LogP contribution in [-0.2, 0) is 16.0 Å². The number of amides is 1. The van der Waals surface area contributed by atoms with Gasteiger partial charge in [-0.25, -0.2) is 9.37 Å². The Kier molecular flexibility index (Phi) is 8.27. The molecule has 1 fully saturated rings. The van der Waals surface area contributed by atoms with Crippen molar-refractivity contribution in [1.82, 2.24) is 14.9 Å². The van der Waals surface area contributed by atoms with Crippen LogP contribution in [0.4, 0.5) is 4.39 Å². The zero-order valence-electron chi connectivity index (χ0n) is 19.3. The molecule has 0 aliphatic carbocycles. The van der Waals surface area contributed by atoms with Gasteiger partial charge in [-0.05, 0) is 55.3 Å². The van der Waals surface area contributed by atoms with Gasteiger partial charge in [0.25, 0.3) is 11.5 Å². The minimum absolute atomic E-state index is 0.0201. The third-order valence-electron chi connectivity index (χ3n) is 5.68. The van der Waals surface area contributed by atoms with Crippen molar-refractivity contribution in [3.05, 3.63) is 69.8 Å². The van der Waals surface area contributed by atoms with Crippen molar-refractivity contribution in [2.45, 2.75) is 30.6 Å². The van der Waals surface area contributed by atoms with E-state index in [1.165, 1.54) is 24.3 Å². The van der Waals surface area contributed by atoms with Gasteiger partial charge in [0.1, 0.15) is 5.82 Å². The molecule has 0 spiro atoms. The lowest BCUT2D eigenvalue weighted by molar-refractivity contribution is 0.0935. The molecule has 1 atom stereocenters. The minimum atomic E-state index is -0.419. The average molecular weight is 500 g/mol. The van der Waals surface area contributed by atoms with Crippen LogP contribution in [0.2, 0.25) is 0 Å². The van der Waals surface area contributed by atoms with E-state index in [2.05, 4.69) is 10.3 Å². The molecular weight excluding hydrogens is 473 g/mol. The highest BCUT2D eigenvalue weighted by atomic mass is 32.2. The van der Waals surface area contributed by atoms with Crippen LogP contribution in [0.15, 0.2) is 52.4 Å². The van der Waals surface area contributed by atoms with Gasteiger partial charge in [-0.15, -0.1) is 0 Å². The lowest BCUT2D eigenvalue weighted by atomic mass is 10.1. The Bertz CT molecular complexity index is 1270. The van der Waals surface area contributed by atoms with Crippen molar-refractivity contribution in [3.8, 4) is 0 Å². The molecule has 35 heavy (non-hydrogen) atoms. The van der Waals surface area contributed by atoms with Gasteiger partial charge in [0.2, 0.25) is 0 Å². The monoisotopic (exact) mass is 499 g/mol. The number of benzene rings is 2. The van der Waals surface area contributed by atoms with Gasteiger partial charge in [0.05, 0.1) is 35.9 Å². The second-order valence-electron chi connectivity index (χ2n) is 8.14. The van der Waals surface area contributed by atoms with Gasteiger partial charge in [0, 0.05) is 31.4 Å². The third kappa shape index (κ3) is 6.14. The summed E-state index contributed by atoms with van der Waals surface area (Å²) in [6.45, 7) is 1.71. The minimum Gasteiger partial charge on any atom is -0.383 e. The van der Waals surface area contributed by atoms with Crippen LogP contribution in [0.5, 0.6) is 0 Å². The zero-order chi connectivity index (χ0) is 24.8. The smallest absolute Gasteiger partial charge is 0.262 e. The normalized spacial score (nSPS) is 15.4. The SMILES string of the molecule is COCCNC(=O)c1ccc2c(=O)n(C[C@H]3CCCO3)c(SCC(=O)c3ccc(F)cc3)nc2c1. The summed E-state index contributed by atoms with van der Waals surface area (Å²) in [5, 5.41) is 3.49. The maximum absolute atomic E-state index is 13.4. The number of ether oxygens (including phenoxy) is 2. The first-order valence-corrected chi connectivity index (χ1v) is 12.3. The number of Topliss-reactive ketones (excluding diaryl/α,β-unsaturated/α-hetero) is 1. The van der Waals surface area contributed by atoms with Gasteiger partial charge in [-0.3, -0.25) is 19.0 Å². The molecule has 2 aromatic carbocycles. The molecule has 1 aromatic heterocycles. The lowest BCUT2D eigenvalue weighted by Crippen LogP contribution is -2.29. The van der Waals surface area contributed by atoms with E-state index < -0.39 is 5.82 Å². The number of halogens is 1. The molecule has 0 saturated carbocycles. The van der Waals surface area contributed by atoms with Crippen LogP contribution in [0.1, 0.15) is 33.6 Å². The predicted octanol–water partition coefficient (Wildman–Crippen LogP) is 3.07. The Labute approximate surface area is 205 Å². The topological polar surface area (TPSA) is 99.5 Å². The Hall–Kier alpha value is -3.08. The van der Waals surface area contributed by atoms with E-state index >= 15 is 0 Å². The summed E-state index contributed by atoms with van der Waals surface area (Å²) in [4.78, 5) is 43.2. The van der Waals surface area contributed by atoms with Crippen LogP contribution in [-0.4, -0.2) is 60.0 Å². The maximum Gasteiger partial charge on any atom is 0.262 e. The van der Waals surface area contributed by atoms with E-state index in [0.29, 0.717) is 53.5 Å². The van der Waals surface area contributed by atoms with Crippen LogP contribution in [0.3, 0.4) is 0 Å². The molecule has 1 amide bonds. The van der Waals surface area contributed by atoms with Gasteiger partial charge < -0.3 is 14.8 Å². The van der Waals surface area contributed by atoms with E-state index in [9.17, 15) is 18.8 Å². The van der Waals surface area contributed by atoms with E-state index in [1.807, 2.05) is 0 Å². The molecule has 1 saturated heterocycles. The van der Waals surface area contributed by atoms with Crippen LogP contribution in [0.25, 0.3) is 10.9 Å². The van der Waals surface area contributed by atoms with E-state index in [1.54, 1.807) is 29.9 Å². The highest BCUT2D eigenvalue weighted by Gasteiger charge is 2.21. The number of hydrogen-bond acceptors (Lipinski definition) is 7. The van der Waals surface area contributed by atoms with Crippen molar-refractivity contribution in [1.29, 1.82) is 0 Å². The van der Waals surface area contributed by atoms with E-state index in [0.717, 1.165) is 24.6 Å². The predicted molar refractivity (Wildman–Crippen MR) is 131 cm³/mol. The average Bonchev–Trinajstić information content (AvgIpc) is 3.38. The summed E-state index contributed by atoms with van der Waals surface area (Å²) in [5.41, 5.74) is 0.863. The van der Waals surface area contributed by atoms with Crippen molar-refractivity contribution < 1.29 is 23.5 Å². The van der Waals surface area contributed by atoms with Crippen LogP contribution >= 0.6 is 11.8 Å². The fourth-order valence-electron chi connectivity index (χ4n) is 3.82. The molecule has 184 valence electrons. The van der Waals surface area contributed by atoms with Crippen LogP contribution in [0, 0.1) is 5.82 Å². The van der Waals surface area contributed by atoms with Crippen molar-refractivity contribution in [3.63, 3.8) is 0 Å². The largest absolute Gasteiger partial charge is 0.383 e. The first-order chi connectivity index (χ1) is 17.0. The number of carbonyl (C=O) groups excluding carboxylic acids is 2. The lowest BCUT2D eigenvalue weighted by Gasteiger charge is -2.16. The van der Waals surface area contributed by atoms with Gasteiger partial charge >= 0.3 is 0 Å². The fourth-order valence-corrected chi connectivity index (χ4v) is 4.73. The summed E-state index contributed by atoms with van der Waals surface area (Å²) >= 11 is 1.13. The molecule has 1 aliphatic rings. The standard InChI is InChI=1S/C25H26FN3O5S/c1-33-12-10-27-23(31)17-6-9-20-21(13-17)28-25(29(24(20)32)14-19-3-2-11-34-19)35-15-22(30)16-4-7-18(26)8-5-16/h4-9,13,19H,2-3,10-12,14-15H2,1H3,(H,27,31)/t19-/m1/s1. The number of thioether (sulfide) groups is 1. The molecule has 1 aliphatic heterocycles. The summed E-state index contributed by atoms with van der Waals surface area (Å²) < 4.78 is 25.4. The molecular formula is C25H26FN3O5S. The van der Waals surface area contributed by atoms with Crippen LogP contribution < -0.4 is 10.9 Å². The number of hydrogen-bond donors (Lipinski definition) is 1. The molecule has 0 bridgehead atoms. The second-order valence-corrected chi connectivity index (χ2v) is 9.09. The van der Waals surface area contributed by atoms with Gasteiger partial charge in [-0.1, -0.05) is 11.8 Å². The highest BCUT2D eigenvalue weighted by Crippen LogP contribution is 2.23. The Morgan fingerprint density at radius 1 is 1.23 bits per heavy atom. The molecule has 4 rings (SSSR count). The molecule has 10 heteroatoms. The van der Waals surface area contributed by atoms with Gasteiger partial charge in [-0.2, -0.15) is 0 Å². The second kappa shape index (κ2) is 11.6. The van der Waals surface area contributed by atoms with E-state index in [-0.39, 0.29) is 29.1 Å². The molecule has 8 nitrogen and oxygen atoms in total. The Morgan fingerprint density at radius 3 is 2.71 bits per heavy atom. The third-order valence-corrected chi connectivity index (χ3v) is 6.66. The molecule has 1 N–H and O–H groups in total. The first-order valence-electron chi connectivity index (χ1n) is 11.3. The summed E-state index contributed by atoms with van der Waals surface area (Å²) in [6, 6.07) is 10.1. The number of rotatable bonds is 10. The summed E-state index contributed by atoms with van der Waals surface area (Å²) in [6.07, 6.45) is 1.65. The number of fused-ring (bicyclic) bond motifs is 1.